The fourth-order valence-electron chi connectivity index (χ4n) is 3.69. The van der Waals surface area contributed by atoms with Gasteiger partial charge in [-0.3, -0.25) is 13.9 Å². The van der Waals surface area contributed by atoms with E-state index >= 15 is 0 Å². The van der Waals surface area contributed by atoms with E-state index in [0.717, 1.165) is 4.57 Å². The zero-order chi connectivity index (χ0) is 21.6. The van der Waals surface area contributed by atoms with Crippen molar-refractivity contribution in [2.24, 2.45) is 0 Å². The molecule has 3 heterocycles. The van der Waals surface area contributed by atoms with Crippen molar-refractivity contribution in [3.8, 4) is 0 Å². The van der Waals surface area contributed by atoms with Crippen LogP contribution in [0, 0.1) is 0 Å². The molecule has 12 heteroatoms. The minimum atomic E-state index is -3.90. The Morgan fingerprint density at radius 1 is 1.27 bits per heavy atom. The van der Waals surface area contributed by atoms with Gasteiger partial charge in [-0.25, -0.2) is 18.2 Å². The molecule has 3 aromatic rings. The lowest BCUT2D eigenvalue weighted by atomic mass is 10.2. The van der Waals surface area contributed by atoms with Crippen LogP contribution in [0.4, 0.5) is 0 Å². The lowest BCUT2D eigenvalue weighted by Crippen LogP contribution is -2.33. The quantitative estimate of drug-likeness (QED) is 0.611. The first-order chi connectivity index (χ1) is 14.2. The van der Waals surface area contributed by atoms with E-state index in [9.17, 15) is 18.0 Å². The van der Waals surface area contributed by atoms with Gasteiger partial charge >= 0.3 is 11.7 Å². The molecule has 1 aliphatic rings. The van der Waals surface area contributed by atoms with Gasteiger partial charge in [0.15, 0.2) is 5.65 Å². The van der Waals surface area contributed by atoms with Crippen LogP contribution in [0.15, 0.2) is 46.2 Å². The molecule has 1 atom stereocenters. The van der Waals surface area contributed by atoms with Crippen LogP contribution in [0.5, 0.6) is 0 Å². The number of imidazole rings is 1. The standard InChI is InChI=1S/C18H16Cl2N4O5S/c19-11-3-4-15(13(20)8-11)30(28,29)22-7-5-12(9-22)24-17-14(2-1-6-21-17)23(18(24)27)10-16(25)26/h1-4,6,8,12H,5,7,9-10H2,(H,25,26)/t12-/m1/s1. The number of halogens is 2. The smallest absolute Gasteiger partial charge is 0.331 e. The molecule has 0 spiro atoms. The Labute approximate surface area is 181 Å². The Bertz CT molecular complexity index is 1320. The maximum atomic E-state index is 13.1. The molecule has 158 valence electrons. The predicted octanol–water partition coefficient (Wildman–Crippen LogP) is 2.23. The maximum Gasteiger partial charge on any atom is 0.331 e. The van der Waals surface area contributed by atoms with Gasteiger partial charge in [-0.1, -0.05) is 23.2 Å². The molecule has 4 rings (SSSR count). The molecule has 1 saturated heterocycles. The van der Waals surface area contributed by atoms with Crippen molar-refractivity contribution in [2.45, 2.75) is 23.9 Å². The topological polar surface area (TPSA) is 114 Å². The number of rotatable bonds is 5. The van der Waals surface area contributed by atoms with Crippen molar-refractivity contribution in [3.63, 3.8) is 0 Å². The summed E-state index contributed by atoms with van der Waals surface area (Å²) in [5, 5.41) is 9.48. The van der Waals surface area contributed by atoms with Crippen LogP contribution < -0.4 is 5.69 Å². The number of carbonyl (C=O) groups is 1. The summed E-state index contributed by atoms with van der Waals surface area (Å²) < 4.78 is 29.9. The lowest BCUT2D eigenvalue weighted by molar-refractivity contribution is -0.137. The minimum Gasteiger partial charge on any atom is -0.480 e. The van der Waals surface area contributed by atoms with Crippen LogP contribution in [-0.4, -0.2) is 51.0 Å². The number of carboxylic acids is 1. The number of hydrogen-bond acceptors (Lipinski definition) is 5. The van der Waals surface area contributed by atoms with Gasteiger partial charge in [0.05, 0.1) is 16.6 Å². The highest BCUT2D eigenvalue weighted by Crippen LogP contribution is 2.32. The minimum absolute atomic E-state index is 0.0165. The van der Waals surface area contributed by atoms with Crippen LogP contribution in [0.2, 0.25) is 10.0 Å². The van der Waals surface area contributed by atoms with Crippen LogP contribution in [0.1, 0.15) is 12.5 Å². The highest BCUT2D eigenvalue weighted by Gasteiger charge is 2.36. The Morgan fingerprint density at radius 3 is 2.73 bits per heavy atom. The van der Waals surface area contributed by atoms with E-state index in [1.165, 1.54) is 33.3 Å². The van der Waals surface area contributed by atoms with Crippen molar-refractivity contribution in [1.82, 2.24) is 18.4 Å². The molecule has 1 aliphatic heterocycles. The summed E-state index contributed by atoms with van der Waals surface area (Å²) in [4.78, 5) is 28.3. The van der Waals surface area contributed by atoms with Crippen molar-refractivity contribution < 1.29 is 18.3 Å². The summed E-state index contributed by atoms with van der Waals surface area (Å²) in [5.41, 5.74) is 0.157. The van der Waals surface area contributed by atoms with Crippen LogP contribution in [-0.2, 0) is 21.4 Å². The molecule has 9 nitrogen and oxygen atoms in total. The van der Waals surface area contributed by atoms with Crippen molar-refractivity contribution in [2.75, 3.05) is 13.1 Å². The fraction of sp³-hybridized carbons (Fsp3) is 0.278. The number of benzene rings is 1. The second-order valence-electron chi connectivity index (χ2n) is 6.86. The second-order valence-corrected chi connectivity index (χ2v) is 9.61. The number of fused-ring (bicyclic) bond motifs is 1. The Hall–Kier alpha value is -2.40. The molecule has 0 saturated carbocycles. The van der Waals surface area contributed by atoms with E-state index in [1.54, 1.807) is 12.1 Å². The molecule has 1 N–H and O–H groups in total. The Kier molecular flexibility index (Phi) is 5.35. The average Bonchev–Trinajstić information content (AvgIpc) is 3.25. The maximum absolute atomic E-state index is 13.1. The Morgan fingerprint density at radius 2 is 2.03 bits per heavy atom. The summed E-state index contributed by atoms with van der Waals surface area (Å²) in [5.74, 6) is -1.16. The van der Waals surface area contributed by atoms with Crippen LogP contribution >= 0.6 is 23.2 Å². The van der Waals surface area contributed by atoms with E-state index < -0.39 is 34.3 Å². The van der Waals surface area contributed by atoms with Gasteiger partial charge in [-0.2, -0.15) is 4.31 Å². The molecule has 1 aromatic carbocycles. The van der Waals surface area contributed by atoms with Crippen molar-refractivity contribution in [3.05, 3.63) is 57.1 Å². The number of sulfonamides is 1. The summed E-state index contributed by atoms with van der Waals surface area (Å²) in [6.07, 6.45) is 1.87. The van der Waals surface area contributed by atoms with Gasteiger partial charge in [0.25, 0.3) is 0 Å². The van der Waals surface area contributed by atoms with Crippen LogP contribution in [0.3, 0.4) is 0 Å². The molecule has 1 fully saturated rings. The first-order valence-corrected chi connectivity index (χ1v) is 11.1. The first-order valence-electron chi connectivity index (χ1n) is 8.93. The summed E-state index contributed by atoms with van der Waals surface area (Å²) >= 11 is 11.9. The molecule has 0 bridgehead atoms. The van der Waals surface area contributed by atoms with Gasteiger partial charge in [-0.05, 0) is 36.8 Å². The molecule has 0 aliphatic carbocycles. The normalized spacial score (nSPS) is 17.6. The highest BCUT2D eigenvalue weighted by atomic mass is 35.5. The summed E-state index contributed by atoms with van der Waals surface area (Å²) in [6.45, 7) is -0.302. The van der Waals surface area contributed by atoms with E-state index in [0.29, 0.717) is 22.6 Å². The summed E-state index contributed by atoms with van der Waals surface area (Å²) in [7, 11) is -3.90. The molecular formula is C18H16Cl2N4O5S. The first kappa shape index (κ1) is 20.9. The number of aliphatic carboxylic acids is 1. The Balaban J connectivity index is 1.72. The second kappa shape index (κ2) is 7.69. The largest absolute Gasteiger partial charge is 0.480 e. The number of hydrogen-bond donors (Lipinski definition) is 1. The van der Waals surface area contributed by atoms with E-state index in [-0.39, 0.29) is 23.0 Å². The third kappa shape index (κ3) is 3.49. The number of carboxylic acid groups (broad SMARTS) is 1. The SMILES string of the molecule is O=C(O)Cn1c(=O)n([C@@H]2CCN(S(=O)(=O)c3ccc(Cl)cc3Cl)C2)c2ncccc21. The number of pyridine rings is 1. The van der Waals surface area contributed by atoms with Crippen molar-refractivity contribution >= 4 is 50.4 Å². The molecule has 0 radical (unpaired) electrons. The van der Waals surface area contributed by atoms with E-state index in [1.807, 2.05) is 0 Å². The summed E-state index contributed by atoms with van der Waals surface area (Å²) in [6, 6.07) is 6.88. The molecule has 2 aromatic heterocycles. The van der Waals surface area contributed by atoms with E-state index in [4.69, 9.17) is 28.3 Å². The van der Waals surface area contributed by atoms with Crippen LogP contribution in [0.25, 0.3) is 11.2 Å². The zero-order valence-electron chi connectivity index (χ0n) is 15.4. The average molecular weight is 471 g/mol. The number of aromatic nitrogens is 3. The fourth-order valence-corrected chi connectivity index (χ4v) is 5.93. The van der Waals surface area contributed by atoms with Gasteiger partial charge in [-0.15, -0.1) is 0 Å². The number of nitrogens with zero attached hydrogens (tertiary/aromatic N) is 4. The molecule has 0 unspecified atom stereocenters. The van der Waals surface area contributed by atoms with Gasteiger partial charge in [0, 0.05) is 24.3 Å². The van der Waals surface area contributed by atoms with Gasteiger partial charge in [0.2, 0.25) is 10.0 Å². The van der Waals surface area contributed by atoms with Gasteiger partial charge < -0.3 is 5.11 Å². The van der Waals surface area contributed by atoms with E-state index in [2.05, 4.69) is 4.98 Å². The monoisotopic (exact) mass is 470 g/mol. The molecule has 0 amide bonds. The molecular weight excluding hydrogens is 455 g/mol. The molecule has 30 heavy (non-hydrogen) atoms. The lowest BCUT2D eigenvalue weighted by Gasteiger charge is -2.18. The third-order valence-corrected chi connectivity index (χ3v) is 7.60. The third-order valence-electron chi connectivity index (χ3n) is 5.02. The van der Waals surface area contributed by atoms with Gasteiger partial charge in [0.1, 0.15) is 11.4 Å². The van der Waals surface area contributed by atoms with Crippen molar-refractivity contribution in [1.29, 1.82) is 0 Å². The zero-order valence-corrected chi connectivity index (χ0v) is 17.7. The predicted molar refractivity (Wildman–Crippen MR) is 111 cm³/mol. The highest BCUT2D eigenvalue weighted by molar-refractivity contribution is 7.89.